The molecule has 1 amide bonds. The van der Waals surface area contributed by atoms with Crippen molar-refractivity contribution in [1.29, 1.82) is 0 Å². The molecule has 1 saturated heterocycles. The van der Waals surface area contributed by atoms with Crippen LogP contribution in [0.15, 0.2) is 84.9 Å². The number of benzene rings is 3. The summed E-state index contributed by atoms with van der Waals surface area (Å²) in [6.07, 6.45) is 1.60. The number of nitrogens with zero attached hydrogens (tertiary/aromatic N) is 4. The lowest BCUT2D eigenvalue weighted by atomic mass is 10.2. The summed E-state index contributed by atoms with van der Waals surface area (Å²) in [4.78, 5) is 29.1. The number of hydrogen-bond donors (Lipinski definition) is 3. The van der Waals surface area contributed by atoms with E-state index in [1.807, 2.05) is 96.8 Å². The van der Waals surface area contributed by atoms with Crippen molar-refractivity contribution >= 4 is 40.8 Å². The standard InChI is InChI=1S/C27H27N7O/c1-19-14-16-22(17-15-19)28-24(35)23-13-8-18-34(23)27-32-25(29-20-9-4-2-5-10-20)31-26(33-27)30-21-11-6-3-7-12-21/h2-7,9-12,14-17,23H,8,13,18H2,1H3,(H,28,35)(H2,29,30,31,32,33). The van der Waals surface area contributed by atoms with Crippen LogP contribution in [0.2, 0.25) is 0 Å². The molecule has 0 saturated carbocycles. The Kier molecular flexibility index (Phi) is 6.52. The summed E-state index contributed by atoms with van der Waals surface area (Å²) < 4.78 is 0. The summed E-state index contributed by atoms with van der Waals surface area (Å²) in [5.41, 5.74) is 3.66. The van der Waals surface area contributed by atoms with Crippen LogP contribution in [0.3, 0.4) is 0 Å². The molecule has 1 aromatic heterocycles. The highest BCUT2D eigenvalue weighted by Gasteiger charge is 2.33. The number of para-hydroxylation sites is 2. The predicted octanol–water partition coefficient (Wildman–Crippen LogP) is 5.27. The largest absolute Gasteiger partial charge is 0.329 e. The molecule has 0 radical (unpaired) electrons. The average Bonchev–Trinajstić information content (AvgIpc) is 3.37. The van der Waals surface area contributed by atoms with Crippen molar-refractivity contribution in [3.63, 3.8) is 0 Å². The third-order valence-electron chi connectivity index (χ3n) is 5.81. The van der Waals surface area contributed by atoms with Gasteiger partial charge in [0.05, 0.1) is 0 Å². The molecule has 0 spiro atoms. The topological polar surface area (TPSA) is 95.1 Å². The van der Waals surface area contributed by atoms with Crippen molar-refractivity contribution in [2.24, 2.45) is 0 Å². The van der Waals surface area contributed by atoms with Crippen LogP contribution >= 0.6 is 0 Å². The Balaban J connectivity index is 1.43. The third-order valence-corrected chi connectivity index (χ3v) is 5.81. The molecular weight excluding hydrogens is 438 g/mol. The van der Waals surface area contributed by atoms with Gasteiger partial charge in [0, 0.05) is 23.6 Å². The third kappa shape index (κ3) is 5.55. The second kappa shape index (κ2) is 10.2. The Morgan fingerprint density at radius 3 is 1.91 bits per heavy atom. The fourth-order valence-corrected chi connectivity index (χ4v) is 4.05. The van der Waals surface area contributed by atoms with E-state index in [9.17, 15) is 4.79 Å². The van der Waals surface area contributed by atoms with Gasteiger partial charge in [-0.3, -0.25) is 4.79 Å². The van der Waals surface area contributed by atoms with Crippen LogP contribution in [-0.2, 0) is 4.79 Å². The molecule has 2 heterocycles. The Labute approximate surface area is 204 Å². The molecule has 8 heteroatoms. The van der Waals surface area contributed by atoms with Crippen molar-refractivity contribution in [3.05, 3.63) is 90.5 Å². The number of carbonyl (C=O) groups is 1. The average molecular weight is 466 g/mol. The molecule has 3 N–H and O–H groups in total. The number of hydrogen-bond acceptors (Lipinski definition) is 7. The zero-order valence-corrected chi connectivity index (χ0v) is 19.5. The zero-order chi connectivity index (χ0) is 24.0. The first-order chi connectivity index (χ1) is 17.1. The highest BCUT2D eigenvalue weighted by molar-refractivity contribution is 5.97. The molecule has 0 bridgehead atoms. The SMILES string of the molecule is Cc1ccc(NC(=O)C2CCCN2c2nc(Nc3ccccc3)nc(Nc3ccccc3)n2)cc1. The minimum atomic E-state index is -0.368. The number of carbonyl (C=O) groups excluding carboxylic acids is 1. The molecule has 1 aliphatic heterocycles. The van der Waals surface area contributed by atoms with Crippen molar-refractivity contribution in [2.75, 3.05) is 27.4 Å². The first-order valence-electron chi connectivity index (χ1n) is 11.7. The molecule has 8 nitrogen and oxygen atoms in total. The van der Waals surface area contributed by atoms with E-state index in [4.69, 9.17) is 0 Å². The summed E-state index contributed by atoms with van der Waals surface area (Å²) >= 11 is 0. The Morgan fingerprint density at radius 2 is 1.34 bits per heavy atom. The van der Waals surface area contributed by atoms with Crippen LogP contribution < -0.4 is 20.9 Å². The second-order valence-electron chi connectivity index (χ2n) is 8.47. The molecule has 4 aromatic rings. The molecule has 1 unspecified atom stereocenters. The van der Waals surface area contributed by atoms with E-state index in [0.717, 1.165) is 35.5 Å². The van der Waals surface area contributed by atoms with E-state index in [0.29, 0.717) is 24.4 Å². The lowest BCUT2D eigenvalue weighted by Crippen LogP contribution is -2.40. The first kappa shape index (κ1) is 22.3. The fourth-order valence-electron chi connectivity index (χ4n) is 4.05. The lowest BCUT2D eigenvalue weighted by molar-refractivity contribution is -0.117. The van der Waals surface area contributed by atoms with Crippen LogP contribution in [0.5, 0.6) is 0 Å². The van der Waals surface area contributed by atoms with E-state index in [2.05, 4.69) is 30.9 Å². The maximum absolute atomic E-state index is 13.2. The molecule has 35 heavy (non-hydrogen) atoms. The van der Waals surface area contributed by atoms with Gasteiger partial charge in [-0.2, -0.15) is 15.0 Å². The van der Waals surface area contributed by atoms with E-state index < -0.39 is 0 Å². The Morgan fingerprint density at radius 1 is 0.771 bits per heavy atom. The number of nitrogens with one attached hydrogen (secondary N) is 3. The van der Waals surface area contributed by atoms with Gasteiger partial charge in [0.2, 0.25) is 23.8 Å². The van der Waals surface area contributed by atoms with Gasteiger partial charge in [0.1, 0.15) is 6.04 Å². The predicted molar refractivity (Wildman–Crippen MR) is 139 cm³/mol. The maximum Gasteiger partial charge on any atom is 0.247 e. The maximum atomic E-state index is 13.2. The van der Waals surface area contributed by atoms with Gasteiger partial charge in [-0.15, -0.1) is 0 Å². The van der Waals surface area contributed by atoms with Gasteiger partial charge in [-0.05, 0) is 56.2 Å². The highest BCUT2D eigenvalue weighted by atomic mass is 16.2. The summed E-state index contributed by atoms with van der Waals surface area (Å²) in [5.74, 6) is 1.20. The van der Waals surface area contributed by atoms with Gasteiger partial charge < -0.3 is 20.9 Å². The lowest BCUT2D eigenvalue weighted by Gasteiger charge is -2.24. The quantitative estimate of drug-likeness (QED) is 0.342. The van der Waals surface area contributed by atoms with Gasteiger partial charge in [-0.25, -0.2) is 0 Å². The van der Waals surface area contributed by atoms with Gasteiger partial charge in [-0.1, -0.05) is 54.1 Å². The molecule has 5 rings (SSSR count). The molecule has 1 atom stereocenters. The van der Waals surface area contributed by atoms with Crippen LogP contribution in [0.25, 0.3) is 0 Å². The number of amides is 1. The first-order valence-corrected chi connectivity index (χ1v) is 11.7. The van der Waals surface area contributed by atoms with E-state index in [-0.39, 0.29) is 11.9 Å². The van der Waals surface area contributed by atoms with Crippen LogP contribution in [0.1, 0.15) is 18.4 Å². The normalized spacial score (nSPS) is 15.0. The Bertz CT molecular complexity index is 1220. The zero-order valence-electron chi connectivity index (χ0n) is 19.5. The number of rotatable bonds is 7. The van der Waals surface area contributed by atoms with Crippen molar-refractivity contribution < 1.29 is 4.79 Å². The monoisotopic (exact) mass is 465 g/mol. The molecular formula is C27H27N7O. The minimum absolute atomic E-state index is 0.0677. The molecule has 3 aromatic carbocycles. The van der Waals surface area contributed by atoms with E-state index in [1.54, 1.807) is 0 Å². The van der Waals surface area contributed by atoms with E-state index >= 15 is 0 Å². The van der Waals surface area contributed by atoms with Gasteiger partial charge >= 0.3 is 0 Å². The Hall–Kier alpha value is -4.46. The fraction of sp³-hybridized carbons (Fsp3) is 0.185. The number of anilines is 6. The van der Waals surface area contributed by atoms with Gasteiger partial charge in [0.25, 0.3) is 0 Å². The smallest absolute Gasteiger partial charge is 0.247 e. The van der Waals surface area contributed by atoms with Crippen LogP contribution in [0.4, 0.5) is 34.9 Å². The van der Waals surface area contributed by atoms with Crippen molar-refractivity contribution in [3.8, 4) is 0 Å². The number of aromatic nitrogens is 3. The van der Waals surface area contributed by atoms with Crippen LogP contribution in [-0.4, -0.2) is 33.4 Å². The summed E-state index contributed by atoms with van der Waals surface area (Å²) in [5, 5.41) is 9.54. The molecule has 1 aliphatic rings. The molecule has 1 fully saturated rings. The highest BCUT2D eigenvalue weighted by Crippen LogP contribution is 2.27. The van der Waals surface area contributed by atoms with Crippen molar-refractivity contribution in [1.82, 2.24) is 15.0 Å². The van der Waals surface area contributed by atoms with Gasteiger partial charge in [0.15, 0.2) is 0 Å². The van der Waals surface area contributed by atoms with E-state index in [1.165, 1.54) is 0 Å². The van der Waals surface area contributed by atoms with Crippen molar-refractivity contribution in [2.45, 2.75) is 25.8 Å². The number of aryl methyl sites for hydroxylation is 1. The molecule has 0 aliphatic carbocycles. The van der Waals surface area contributed by atoms with Crippen LogP contribution in [0, 0.1) is 6.92 Å². The second-order valence-corrected chi connectivity index (χ2v) is 8.47. The minimum Gasteiger partial charge on any atom is -0.329 e. The molecule has 176 valence electrons. The summed E-state index contributed by atoms with van der Waals surface area (Å²) in [7, 11) is 0. The summed E-state index contributed by atoms with van der Waals surface area (Å²) in [6, 6.07) is 26.9. The summed E-state index contributed by atoms with van der Waals surface area (Å²) in [6.45, 7) is 2.71.